The van der Waals surface area contributed by atoms with Gasteiger partial charge in [-0.3, -0.25) is 4.79 Å². The molecule has 2 aromatic rings. The summed E-state index contributed by atoms with van der Waals surface area (Å²) in [5, 5.41) is 0.870. The number of sulfone groups is 1. The number of amides is 1. The molecular weight excluding hydrogens is 448 g/mol. The van der Waals surface area contributed by atoms with Gasteiger partial charge >= 0.3 is 0 Å². The number of benzene rings is 2. The van der Waals surface area contributed by atoms with Crippen LogP contribution in [0.4, 0.5) is 5.69 Å². The molecule has 2 fully saturated rings. The van der Waals surface area contributed by atoms with Crippen LogP contribution < -0.4 is 14.4 Å². The molecule has 2 aliphatic heterocycles. The van der Waals surface area contributed by atoms with Gasteiger partial charge in [-0.15, -0.1) is 0 Å². The average molecular weight is 467 g/mol. The van der Waals surface area contributed by atoms with Crippen LogP contribution in [-0.2, 0) is 14.6 Å². The van der Waals surface area contributed by atoms with Gasteiger partial charge in [0.1, 0.15) is 11.5 Å². The van der Waals surface area contributed by atoms with Gasteiger partial charge in [-0.1, -0.05) is 29.4 Å². The topological polar surface area (TPSA) is 85.3 Å². The molecule has 0 saturated carbocycles. The Kier molecular flexibility index (Phi) is 5.95. The van der Waals surface area contributed by atoms with E-state index in [4.69, 9.17) is 21.1 Å². The number of carbonyl (C=O) groups is 1. The maximum Gasteiger partial charge on any atom is 0.285 e. The number of methoxy groups -OCH3 is 1. The molecule has 2 heterocycles. The molecule has 0 radical (unpaired) electrons. The Labute approximate surface area is 183 Å². The van der Waals surface area contributed by atoms with Crippen molar-refractivity contribution in [1.82, 2.24) is 0 Å². The summed E-state index contributed by atoms with van der Waals surface area (Å²) in [6, 6.07) is 13.7. The van der Waals surface area contributed by atoms with E-state index in [9.17, 15) is 13.2 Å². The van der Waals surface area contributed by atoms with Crippen LogP contribution in [0.15, 0.2) is 53.5 Å². The smallest absolute Gasteiger partial charge is 0.285 e. The van der Waals surface area contributed by atoms with Gasteiger partial charge in [0, 0.05) is 22.0 Å². The van der Waals surface area contributed by atoms with Gasteiger partial charge in [-0.25, -0.2) is 8.42 Å². The first-order valence-corrected chi connectivity index (χ1v) is 12.2. The monoisotopic (exact) mass is 466 g/mol. The number of nitrogens with zero attached hydrogens (tertiary/aromatic N) is 2. The van der Waals surface area contributed by atoms with Crippen molar-refractivity contribution < 1.29 is 22.7 Å². The fraction of sp³-hybridized carbons (Fsp3) is 0.300. The number of ether oxygens (including phenoxy) is 2. The molecule has 2 atom stereocenters. The second-order valence-electron chi connectivity index (χ2n) is 6.90. The zero-order valence-electron chi connectivity index (χ0n) is 16.0. The summed E-state index contributed by atoms with van der Waals surface area (Å²) in [6.45, 7) is -0.231. The summed E-state index contributed by atoms with van der Waals surface area (Å²) in [7, 11) is -1.57. The second kappa shape index (κ2) is 8.49. The molecule has 2 aliphatic rings. The molecule has 0 aliphatic carbocycles. The van der Waals surface area contributed by atoms with E-state index in [-0.39, 0.29) is 29.4 Å². The largest absolute Gasteiger partial charge is 0.497 e. The van der Waals surface area contributed by atoms with Crippen molar-refractivity contribution in [2.24, 2.45) is 4.99 Å². The molecule has 10 heteroatoms. The van der Waals surface area contributed by atoms with E-state index in [1.54, 1.807) is 43.5 Å². The highest BCUT2D eigenvalue weighted by atomic mass is 35.5. The number of hydrogen-bond donors (Lipinski definition) is 0. The van der Waals surface area contributed by atoms with Crippen LogP contribution in [0.5, 0.6) is 11.5 Å². The summed E-state index contributed by atoms with van der Waals surface area (Å²) in [6.07, 6.45) is 0. The standard InChI is InChI=1S/C20H19ClN2O5S2/c1-27-16-4-2-3-14(9-16)23-17-11-30(25,26)12-18(17)29-20(23)22-19(24)10-28-15-7-5-13(21)6-8-15/h2-9,17-18H,10-12H2,1H3/t17-,18+/m0/s1. The third kappa shape index (κ3) is 4.58. The average Bonchev–Trinajstić information content (AvgIpc) is 3.18. The number of fused-ring (bicyclic) bond motifs is 1. The van der Waals surface area contributed by atoms with Gasteiger partial charge in [0.25, 0.3) is 5.91 Å². The zero-order valence-corrected chi connectivity index (χ0v) is 18.4. The summed E-state index contributed by atoms with van der Waals surface area (Å²) < 4.78 is 35.1. The molecule has 0 spiro atoms. The SMILES string of the molecule is COc1cccc(N2C(=NC(=O)COc3ccc(Cl)cc3)S[C@@H]3CS(=O)(=O)C[C@@H]32)c1. The van der Waals surface area contributed by atoms with E-state index < -0.39 is 15.7 Å². The highest BCUT2D eigenvalue weighted by Crippen LogP contribution is 2.41. The number of aliphatic imine (C=N–C) groups is 1. The quantitative estimate of drug-likeness (QED) is 0.669. The van der Waals surface area contributed by atoms with Gasteiger partial charge in [0.05, 0.1) is 24.7 Å². The number of halogens is 1. The normalized spacial score (nSPS) is 23.4. The van der Waals surface area contributed by atoms with Crippen LogP contribution >= 0.6 is 23.4 Å². The molecule has 2 aromatic carbocycles. The molecule has 158 valence electrons. The molecule has 0 unspecified atom stereocenters. The van der Waals surface area contributed by atoms with Gasteiger partial charge in [0.2, 0.25) is 0 Å². The minimum Gasteiger partial charge on any atom is -0.497 e. The number of rotatable bonds is 5. The van der Waals surface area contributed by atoms with Gasteiger partial charge in [0.15, 0.2) is 21.6 Å². The van der Waals surface area contributed by atoms with Crippen molar-refractivity contribution in [3.8, 4) is 11.5 Å². The van der Waals surface area contributed by atoms with Crippen LogP contribution in [0, 0.1) is 0 Å². The van der Waals surface area contributed by atoms with E-state index in [2.05, 4.69) is 4.99 Å². The predicted octanol–water partition coefficient (Wildman–Crippen LogP) is 3.03. The molecule has 0 bridgehead atoms. The molecule has 4 rings (SSSR count). The summed E-state index contributed by atoms with van der Waals surface area (Å²) in [5.74, 6) is 0.787. The Hall–Kier alpha value is -2.23. The number of anilines is 1. The number of amidine groups is 1. The third-order valence-electron chi connectivity index (χ3n) is 4.79. The van der Waals surface area contributed by atoms with Crippen molar-refractivity contribution in [1.29, 1.82) is 0 Å². The predicted molar refractivity (Wildman–Crippen MR) is 119 cm³/mol. The van der Waals surface area contributed by atoms with Crippen LogP contribution in [0.3, 0.4) is 0 Å². The molecular formula is C20H19ClN2O5S2. The molecule has 1 amide bonds. The van der Waals surface area contributed by atoms with E-state index in [1.807, 2.05) is 17.0 Å². The van der Waals surface area contributed by atoms with E-state index in [1.165, 1.54) is 11.8 Å². The molecule has 30 heavy (non-hydrogen) atoms. The summed E-state index contributed by atoms with van der Waals surface area (Å²) >= 11 is 7.16. The Morgan fingerprint density at radius 3 is 2.70 bits per heavy atom. The second-order valence-corrected chi connectivity index (χ2v) is 10.7. The first-order chi connectivity index (χ1) is 14.3. The zero-order chi connectivity index (χ0) is 21.3. The summed E-state index contributed by atoms with van der Waals surface area (Å²) in [4.78, 5) is 18.5. The lowest BCUT2D eigenvalue weighted by molar-refractivity contribution is -0.119. The Morgan fingerprint density at radius 1 is 1.20 bits per heavy atom. The lowest BCUT2D eigenvalue weighted by atomic mass is 10.2. The van der Waals surface area contributed by atoms with Crippen molar-refractivity contribution in [2.45, 2.75) is 11.3 Å². The molecule has 7 nitrogen and oxygen atoms in total. The third-order valence-corrected chi connectivity index (χ3v) is 8.26. The minimum absolute atomic E-state index is 0.0242. The molecule has 0 N–H and O–H groups in total. The molecule has 0 aromatic heterocycles. The Bertz CT molecular complexity index is 1090. The Balaban J connectivity index is 1.57. The number of hydrogen-bond acceptors (Lipinski definition) is 6. The lowest BCUT2D eigenvalue weighted by Gasteiger charge is -2.24. The maximum absolute atomic E-state index is 12.5. The van der Waals surface area contributed by atoms with Gasteiger partial charge in [-0.2, -0.15) is 4.99 Å². The lowest BCUT2D eigenvalue weighted by Crippen LogP contribution is -2.37. The van der Waals surface area contributed by atoms with Gasteiger partial charge in [-0.05, 0) is 36.4 Å². The van der Waals surface area contributed by atoms with Crippen molar-refractivity contribution in [3.63, 3.8) is 0 Å². The number of carbonyl (C=O) groups excluding carboxylic acids is 1. The van der Waals surface area contributed by atoms with Crippen LogP contribution in [0.1, 0.15) is 0 Å². The number of thioether (sulfide) groups is 1. The first kappa shape index (κ1) is 21.0. The highest BCUT2D eigenvalue weighted by Gasteiger charge is 2.49. The van der Waals surface area contributed by atoms with Crippen molar-refractivity contribution >= 4 is 50.0 Å². The van der Waals surface area contributed by atoms with Crippen LogP contribution in [-0.4, -0.2) is 56.0 Å². The minimum atomic E-state index is -3.13. The highest BCUT2D eigenvalue weighted by molar-refractivity contribution is 8.16. The maximum atomic E-state index is 12.5. The van der Waals surface area contributed by atoms with E-state index in [0.717, 1.165) is 5.69 Å². The fourth-order valence-electron chi connectivity index (χ4n) is 3.44. The first-order valence-electron chi connectivity index (χ1n) is 9.15. The van der Waals surface area contributed by atoms with Crippen molar-refractivity contribution in [3.05, 3.63) is 53.6 Å². The fourth-order valence-corrected chi connectivity index (χ4v) is 7.50. The van der Waals surface area contributed by atoms with Crippen molar-refractivity contribution in [2.75, 3.05) is 30.1 Å². The van der Waals surface area contributed by atoms with Crippen LogP contribution in [0.2, 0.25) is 5.02 Å². The van der Waals surface area contributed by atoms with Gasteiger partial charge < -0.3 is 14.4 Å². The van der Waals surface area contributed by atoms with Crippen LogP contribution in [0.25, 0.3) is 0 Å². The molecule has 2 saturated heterocycles. The Morgan fingerprint density at radius 2 is 1.97 bits per heavy atom. The van der Waals surface area contributed by atoms with E-state index in [0.29, 0.717) is 21.7 Å². The van der Waals surface area contributed by atoms with E-state index >= 15 is 0 Å². The summed E-state index contributed by atoms with van der Waals surface area (Å²) in [5.41, 5.74) is 0.733.